The number of alkyl halides is 3. The van der Waals surface area contributed by atoms with Gasteiger partial charge in [-0.15, -0.1) is 0 Å². The van der Waals surface area contributed by atoms with Crippen molar-refractivity contribution in [2.24, 2.45) is 0 Å². The summed E-state index contributed by atoms with van der Waals surface area (Å²) in [5.74, 6) is 0.498. The number of aromatic amines is 1. The van der Waals surface area contributed by atoms with Crippen molar-refractivity contribution in [3.8, 4) is 0 Å². The van der Waals surface area contributed by atoms with Gasteiger partial charge in [0.1, 0.15) is 17.4 Å². The molecule has 2 N–H and O–H groups in total. The molecule has 1 aliphatic heterocycles. The number of H-pyrrole nitrogens is 1. The summed E-state index contributed by atoms with van der Waals surface area (Å²) in [5.41, 5.74) is 2.06. The van der Waals surface area contributed by atoms with E-state index < -0.39 is 18.7 Å². The lowest BCUT2D eigenvalue weighted by molar-refractivity contribution is -0.137. The Morgan fingerprint density at radius 3 is 2.92 bits per heavy atom. The largest absolute Gasteiger partial charge is 0.390 e. The van der Waals surface area contributed by atoms with Crippen molar-refractivity contribution in [2.75, 3.05) is 19.6 Å². The molecule has 0 aromatic carbocycles. The SMILES string of the molecule is C[C@@H](O)c1nc2cnc3[nH]ncc3c2n1[C@H]1CCN(CCC(F)(F)F)C1. The van der Waals surface area contributed by atoms with Gasteiger partial charge in [-0.2, -0.15) is 18.3 Å². The van der Waals surface area contributed by atoms with Gasteiger partial charge in [-0.3, -0.25) is 5.10 Å². The lowest BCUT2D eigenvalue weighted by Crippen LogP contribution is -2.27. The van der Waals surface area contributed by atoms with Crippen LogP contribution in [0.2, 0.25) is 0 Å². The maximum Gasteiger partial charge on any atom is 0.390 e. The van der Waals surface area contributed by atoms with Gasteiger partial charge in [0.05, 0.1) is 29.7 Å². The molecule has 3 aromatic heterocycles. The first kappa shape index (κ1) is 17.2. The number of fused-ring (bicyclic) bond motifs is 3. The zero-order valence-electron chi connectivity index (χ0n) is 14.2. The second-order valence-corrected chi connectivity index (χ2v) is 6.75. The Morgan fingerprint density at radius 2 is 2.19 bits per heavy atom. The molecular weight excluding hydrogens is 349 g/mol. The fraction of sp³-hybridized carbons (Fsp3) is 0.562. The Labute approximate surface area is 146 Å². The summed E-state index contributed by atoms with van der Waals surface area (Å²) >= 11 is 0. The highest BCUT2D eigenvalue weighted by atomic mass is 19.4. The molecule has 0 bridgehead atoms. The van der Waals surface area contributed by atoms with E-state index in [1.54, 1.807) is 19.3 Å². The molecule has 140 valence electrons. The van der Waals surface area contributed by atoms with E-state index in [2.05, 4.69) is 20.2 Å². The van der Waals surface area contributed by atoms with Crippen molar-refractivity contribution < 1.29 is 18.3 Å². The minimum atomic E-state index is -4.15. The standard InChI is InChI=1S/C16H19F3N6O/c1-9(26)15-22-12-7-20-14-11(6-21-23-14)13(12)25(15)10-2-4-24(8-10)5-3-16(17,18)19/h6-7,9-10,26H,2-5,8H2,1H3,(H,20,21,23)/t9-,10+/m1/s1. The van der Waals surface area contributed by atoms with Crippen LogP contribution in [-0.2, 0) is 0 Å². The van der Waals surface area contributed by atoms with Crippen molar-refractivity contribution in [1.82, 2.24) is 29.6 Å². The molecule has 3 aromatic rings. The first-order chi connectivity index (χ1) is 12.3. The molecule has 0 amide bonds. The molecule has 0 saturated carbocycles. The molecule has 26 heavy (non-hydrogen) atoms. The van der Waals surface area contributed by atoms with Gasteiger partial charge in [0, 0.05) is 25.7 Å². The smallest absolute Gasteiger partial charge is 0.385 e. The fourth-order valence-corrected chi connectivity index (χ4v) is 3.68. The highest BCUT2D eigenvalue weighted by Gasteiger charge is 2.33. The maximum atomic E-state index is 12.5. The first-order valence-corrected chi connectivity index (χ1v) is 8.50. The van der Waals surface area contributed by atoms with Crippen LogP contribution in [-0.4, -0.2) is 60.5 Å². The van der Waals surface area contributed by atoms with Gasteiger partial charge in [0.25, 0.3) is 0 Å². The van der Waals surface area contributed by atoms with Crippen LogP contribution in [0, 0.1) is 0 Å². The summed E-state index contributed by atoms with van der Waals surface area (Å²) in [6, 6.07) is -0.0571. The average Bonchev–Trinajstić information content (AvgIpc) is 3.28. The van der Waals surface area contributed by atoms with Gasteiger partial charge in [0.2, 0.25) is 0 Å². The second kappa shape index (κ2) is 6.20. The molecule has 0 unspecified atom stereocenters. The zero-order chi connectivity index (χ0) is 18.5. The van der Waals surface area contributed by atoms with Gasteiger partial charge in [0.15, 0.2) is 5.65 Å². The molecule has 0 radical (unpaired) electrons. The van der Waals surface area contributed by atoms with Gasteiger partial charge in [-0.25, -0.2) is 9.97 Å². The number of pyridine rings is 1. The van der Waals surface area contributed by atoms with Crippen molar-refractivity contribution >= 4 is 22.1 Å². The quantitative estimate of drug-likeness (QED) is 0.740. The lowest BCUT2D eigenvalue weighted by atomic mass is 10.2. The molecule has 4 heterocycles. The topological polar surface area (TPSA) is 82.9 Å². The molecular formula is C16H19F3N6O. The van der Waals surface area contributed by atoms with Crippen LogP contribution < -0.4 is 0 Å². The number of aromatic nitrogens is 5. The summed E-state index contributed by atoms with van der Waals surface area (Å²) in [7, 11) is 0. The molecule has 1 aliphatic rings. The third kappa shape index (κ3) is 3.03. The summed E-state index contributed by atoms with van der Waals surface area (Å²) in [6.45, 7) is 2.69. The normalized spacial score (nSPS) is 20.4. The minimum Gasteiger partial charge on any atom is -0.385 e. The number of aliphatic hydroxyl groups is 1. The molecule has 0 aliphatic carbocycles. The molecule has 1 saturated heterocycles. The predicted molar refractivity (Wildman–Crippen MR) is 88.6 cm³/mol. The Balaban J connectivity index is 1.71. The van der Waals surface area contributed by atoms with Gasteiger partial charge < -0.3 is 14.6 Å². The molecule has 7 nitrogen and oxygen atoms in total. The van der Waals surface area contributed by atoms with Crippen molar-refractivity contribution in [2.45, 2.75) is 38.1 Å². The van der Waals surface area contributed by atoms with Crippen LogP contribution in [0.5, 0.6) is 0 Å². The number of likely N-dealkylation sites (tertiary alicyclic amines) is 1. The fourth-order valence-electron chi connectivity index (χ4n) is 3.68. The van der Waals surface area contributed by atoms with Crippen LogP contribution in [0.25, 0.3) is 22.1 Å². The number of rotatable bonds is 4. The van der Waals surface area contributed by atoms with Gasteiger partial charge >= 0.3 is 6.18 Å². The highest BCUT2D eigenvalue weighted by Crippen LogP contribution is 2.33. The number of imidazole rings is 1. The Bertz CT molecular complexity index is 931. The Kier molecular flexibility index (Phi) is 4.11. The van der Waals surface area contributed by atoms with E-state index in [-0.39, 0.29) is 12.6 Å². The first-order valence-electron chi connectivity index (χ1n) is 8.50. The van der Waals surface area contributed by atoms with Gasteiger partial charge in [-0.05, 0) is 13.3 Å². The Morgan fingerprint density at radius 1 is 1.38 bits per heavy atom. The number of aliphatic hydroxyl groups excluding tert-OH is 1. The number of nitrogens with one attached hydrogen (secondary N) is 1. The van der Waals surface area contributed by atoms with Crippen LogP contribution in [0.1, 0.15) is 37.7 Å². The summed E-state index contributed by atoms with van der Waals surface area (Å²) in [4.78, 5) is 10.6. The number of hydrogen-bond donors (Lipinski definition) is 2. The summed E-state index contributed by atoms with van der Waals surface area (Å²) in [5, 5.41) is 17.8. The maximum absolute atomic E-state index is 12.5. The molecule has 1 fully saturated rings. The third-order valence-corrected chi connectivity index (χ3v) is 4.85. The summed E-state index contributed by atoms with van der Waals surface area (Å²) in [6.07, 6.45) is -1.79. The number of halogens is 3. The van der Waals surface area contributed by atoms with Crippen molar-refractivity contribution in [3.05, 3.63) is 18.2 Å². The summed E-state index contributed by atoms with van der Waals surface area (Å²) < 4.78 is 39.5. The molecule has 4 rings (SSSR count). The van der Waals surface area contributed by atoms with Crippen molar-refractivity contribution in [3.63, 3.8) is 0 Å². The predicted octanol–water partition coefficient (Wildman–Crippen LogP) is 2.56. The van der Waals surface area contributed by atoms with E-state index in [9.17, 15) is 18.3 Å². The zero-order valence-corrected chi connectivity index (χ0v) is 14.2. The second-order valence-electron chi connectivity index (χ2n) is 6.75. The average molecular weight is 368 g/mol. The Hall–Kier alpha value is -2.20. The van der Waals surface area contributed by atoms with E-state index in [4.69, 9.17) is 0 Å². The lowest BCUT2D eigenvalue weighted by Gasteiger charge is -2.20. The minimum absolute atomic E-state index is 0.0146. The van der Waals surface area contributed by atoms with Gasteiger partial charge in [-0.1, -0.05) is 0 Å². The molecule has 2 atom stereocenters. The van der Waals surface area contributed by atoms with E-state index in [1.807, 2.05) is 9.47 Å². The van der Waals surface area contributed by atoms with Crippen LogP contribution >= 0.6 is 0 Å². The third-order valence-electron chi connectivity index (χ3n) is 4.85. The van der Waals surface area contributed by atoms with Crippen molar-refractivity contribution in [1.29, 1.82) is 0 Å². The molecule has 0 spiro atoms. The number of nitrogens with zero attached hydrogens (tertiary/aromatic N) is 5. The van der Waals surface area contributed by atoms with Crippen LogP contribution in [0.4, 0.5) is 13.2 Å². The number of hydrogen-bond acceptors (Lipinski definition) is 5. The van der Waals surface area contributed by atoms with E-state index in [1.165, 1.54) is 0 Å². The van der Waals surface area contributed by atoms with E-state index in [0.29, 0.717) is 36.5 Å². The van der Waals surface area contributed by atoms with E-state index >= 15 is 0 Å². The molecule has 10 heteroatoms. The van der Waals surface area contributed by atoms with Crippen LogP contribution in [0.3, 0.4) is 0 Å². The highest BCUT2D eigenvalue weighted by molar-refractivity contribution is 6.00. The van der Waals surface area contributed by atoms with E-state index in [0.717, 1.165) is 10.9 Å². The monoisotopic (exact) mass is 368 g/mol. The van der Waals surface area contributed by atoms with Crippen LogP contribution in [0.15, 0.2) is 12.4 Å².